The third-order valence-corrected chi connectivity index (χ3v) is 3.81. The molecule has 0 aromatic heterocycles. The first-order valence-corrected chi connectivity index (χ1v) is 6.41. The summed E-state index contributed by atoms with van der Waals surface area (Å²) < 4.78 is 0. The van der Waals surface area contributed by atoms with Gasteiger partial charge in [-0.15, -0.1) is 0 Å². The van der Waals surface area contributed by atoms with E-state index in [0.717, 1.165) is 12.1 Å². The highest BCUT2D eigenvalue weighted by Crippen LogP contribution is 2.19. The Morgan fingerprint density at radius 2 is 1.88 bits per heavy atom. The second kappa shape index (κ2) is 6.04. The van der Waals surface area contributed by atoms with Crippen LogP contribution in [0, 0.1) is 5.92 Å². The van der Waals surface area contributed by atoms with Gasteiger partial charge in [-0.05, 0) is 30.0 Å². The highest BCUT2D eigenvalue weighted by atomic mass is 79.9. The first-order valence-electron chi connectivity index (χ1n) is 5.49. The number of alkyl halides is 1. The summed E-state index contributed by atoms with van der Waals surface area (Å²) in [7, 11) is 0. The Bertz CT molecular complexity index is 345. The van der Waals surface area contributed by atoms with Crippen LogP contribution in [-0.2, 0) is 11.2 Å². The van der Waals surface area contributed by atoms with E-state index in [0.29, 0.717) is 10.7 Å². The molecule has 16 heavy (non-hydrogen) atoms. The van der Waals surface area contributed by atoms with Crippen molar-refractivity contribution in [3.8, 4) is 0 Å². The molecule has 0 bridgehead atoms. The molecule has 0 heterocycles. The molecule has 1 N–H and O–H groups in total. The van der Waals surface area contributed by atoms with Gasteiger partial charge in [0, 0.05) is 17.4 Å². The van der Waals surface area contributed by atoms with E-state index >= 15 is 0 Å². The quantitative estimate of drug-likeness (QED) is 0.841. The van der Waals surface area contributed by atoms with Crippen molar-refractivity contribution in [2.75, 3.05) is 5.32 Å². The largest absolute Gasteiger partial charge is 0.326 e. The van der Waals surface area contributed by atoms with Crippen LogP contribution in [0.4, 0.5) is 5.69 Å². The van der Waals surface area contributed by atoms with Gasteiger partial charge < -0.3 is 5.32 Å². The number of benzene rings is 1. The number of anilines is 1. The fraction of sp³-hybridized carbons (Fsp3) is 0.462. The van der Waals surface area contributed by atoms with E-state index in [9.17, 15) is 4.79 Å². The normalized spacial score (nSPS) is 12.6. The maximum atomic E-state index is 10.8. The number of amides is 1. The molecule has 3 heteroatoms. The lowest BCUT2D eigenvalue weighted by atomic mass is 10.0. The summed E-state index contributed by atoms with van der Waals surface area (Å²) in [5, 5.41) is 2.76. The van der Waals surface area contributed by atoms with Crippen LogP contribution in [0.15, 0.2) is 24.3 Å². The highest BCUT2D eigenvalue weighted by Gasteiger charge is 2.09. The zero-order chi connectivity index (χ0) is 12.1. The first-order chi connectivity index (χ1) is 7.49. The molecular weight excluding hydrogens is 266 g/mol. The Balaban J connectivity index is 2.61. The van der Waals surface area contributed by atoms with Crippen LogP contribution < -0.4 is 5.32 Å². The third kappa shape index (κ3) is 4.35. The smallest absolute Gasteiger partial charge is 0.221 e. The van der Waals surface area contributed by atoms with E-state index < -0.39 is 0 Å². The maximum Gasteiger partial charge on any atom is 0.221 e. The molecule has 1 aromatic rings. The van der Waals surface area contributed by atoms with Crippen molar-refractivity contribution in [2.24, 2.45) is 5.92 Å². The molecule has 1 amide bonds. The van der Waals surface area contributed by atoms with Gasteiger partial charge in [0.2, 0.25) is 5.91 Å². The van der Waals surface area contributed by atoms with Crippen molar-refractivity contribution in [1.82, 2.24) is 0 Å². The van der Waals surface area contributed by atoms with Crippen molar-refractivity contribution in [3.05, 3.63) is 29.8 Å². The third-order valence-electron chi connectivity index (χ3n) is 2.43. The van der Waals surface area contributed by atoms with Crippen LogP contribution in [0.2, 0.25) is 0 Å². The zero-order valence-corrected chi connectivity index (χ0v) is 11.5. The average molecular weight is 284 g/mol. The van der Waals surface area contributed by atoms with Gasteiger partial charge in [-0.25, -0.2) is 0 Å². The molecule has 0 aliphatic rings. The lowest BCUT2D eigenvalue weighted by molar-refractivity contribution is -0.114. The summed E-state index contributed by atoms with van der Waals surface area (Å²) in [5.41, 5.74) is 2.14. The fourth-order valence-corrected chi connectivity index (χ4v) is 1.76. The van der Waals surface area contributed by atoms with Crippen molar-refractivity contribution in [2.45, 2.75) is 32.0 Å². The first kappa shape index (κ1) is 13.2. The number of hydrogen-bond acceptors (Lipinski definition) is 1. The second-order valence-corrected chi connectivity index (χ2v) is 5.52. The van der Waals surface area contributed by atoms with Crippen molar-refractivity contribution < 1.29 is 4.79 Å². The summed E-state index contributed by atoms with van der Waals surface area (Å²) in [6.07, 6.45) is 1.01. The van der Waals surface area contributed by atoms with Gasteiger partial charge in [0.05, 0.1) is 0 Å². The van der Waals surface area contributed by atoms with Gasteiger partial charge in [0.1, 0.15) is 0 Å². The molecule has 0 saturated carbocycles. The molecule has 1 rings (SSSR count). The number of carbonyl (C=O) groups is 1. The minimum atomic E-state index is -0.0340. The standard InChI is InChI=1S/C13H18BrNO/c1-9(2)13(14)8-11-4-6-12(7-5-11)15-10(3)16/h4-7,9,13H,8H2,1-3H3,(H,15,16). The van der Waals surface area contributed by atoms with Gasteiger partial charge in [0.25, 0.3) is 0 Å². The molecule has 0 aliphatic carbocycles. The molecule has 1 aromatic carbocycles. The molecule has 88 valence electrons. The molecular formula is C13H18BrNO. The number of nitrogens with one attached hydrogen (secondary N) is 1. The van der Waals surface area contributed by atoms with E-state index in [1.165, 1.54) is 12.5 Å². The molecule has 0 spiro atoms. The van der Waals surface area contributed by atoms with Gasteiger partial charge in [-0.3, -0.25) is 4.79 Å². The molecule has 0 saturated heterocycles. The van der Waals surface area contributed by atoms with Gasteiger partial charge in [-0.1, -0.05) is 41.9 Å². The summed E-state index contributed by atoms with van der Waals surface area (Å²) >= 11 is 3.67. The molecule has 0 fully saturated rings. The van der Waals surface area contributed by atoms with E-state index in [4.69, 9.17) is 0 Å². The number of hydrogen-bond donors (Lipinski definition) is 1. The predicted molar refractivity (Wildman–Crippen MR) is 72.0 cm³/mol. The maximum absolute atomic E-state index is 10.8. The zero-order valence-electron chi connectivity index (χ0n) is 9.96. The van der Waals surface area contributed by atoms with Gasteiger partial charge >= 0.3 is 0 Å². The summed E-state index contributed by atoms with van der Waals surface area (Å²) in [4.78, 5) is 11.3. The molecule has 0 aliphatic heterocycles. The summed E-state index contributed by atoms with van der Waals surface area (Å²) in [5.74, 6) is 0.586. The van der Waals surface area contributed by atoms with E-state index in [1.54, 1.807) is 0 Å². The van der Waals surface area contributed by atoms with Crippen LogP contribution in [0.3, 0.4) is 0 Å². The van der Waals surface area contributed by atoms with Crippen LogP contribution in [0.5, 0.6) is 0 Å². The van der Waals surface area contributed by atoms with Crippen LogP contribution in [-0.4, -0.2) is 10.7 Å². The lowest BCUT2D eigenvalue weighted by Crippen LogP contribution is -2.10. The van der Waals surface area contributed by atoms with E-state index in [2.05, 4.69) is 47.2 Å². The van der Waals surface area contributed by atoms with Crippen molar-refractivity contribution >= 4 is 27.5 Å². The second-order valence-electron chi connectivity index (χ2n) is 4.34. The Labute approximate surface area is 106 Å². The Hall–Kier alpha value is -0.830. The monoisotopic (exact) mass is 283 g/mol. The molecule has 1 atom stereocenters. The Morgan fingerprint density at radius 3 is 2.31 bits per heavy atom. The molecule has 0 radical (unpaired) electrons. The fourth-order valence-electron chi connectivity index (χ4n) is 1.39. The minimum absolute atomic E-state index is 0.0340. The number of rotatable bonds is 4. The summed E-state index contributed by atoms with van der Waals surface area (Å²) in [6, 6.07) is 8.00. The van der Waals surface area contributed by atoms with Gasteiger partial charge in [0.15, 0.2) is 0 Å². The Kier molecular flexibility index (Phi) is 5.00. The lowest BCUT2D eigenvalue weighted by Gasteiger charge is -2.13. The van der Waals surface area contributed by atoms with Crippen LogP contribution in [0.1, 0.15) is 26.3 Å². The SMILES string of the molecule is CC(=O)Nc1ccc(CC(Br)C(C)C)cc1. The highest BCUT2D eigenvalue weighted by molar-refractivity contribution is 9.09. The van der Waals surface area contributed by atoms with Crippen LogP contribution >= 0.6 is 15.9 Å². The van der Waals surface area contributed by atoms with E-state index in [-0.39, 0.29) is 5.91 Å². The van der Waals surface area contributed by atoms with Crippen LogP contribution in [0.25, 0.3) is 0 Å². The van der Waals surface area contributed by atoms with Crippen molar-refractivity contribution in [3.63, 3.8) is 0 Å². The number of halogens is 1. The Morgan fingerprint density at radius 1 is 1.31 bits per heavy atom. The topological polar surface area (TPSA) is 29.1 Å². The number of carbonyl (C=O) groups excluding carboxylic acids is 1. The summed E-state index contributed by atoms with van der Waals surface area (Å²) in [6.45, 7) is 5.91. The molecule has 1 unspecified atom stereocenters. The molecule has 2 nitrogen and oxygen atoms in total. The average Bonchev–Trinajstić information content (AvgIpc) is 2.20. The van der Waals surface area contributed by atoms with E-state index in [1.807, 2.05) is 12.1 Å². The predicted octanol–water partition coefficient (Wildman–Crippen LogP) is 3.61. The van der Waals surface area contributed by atoms with Crippen molar-refractivity contribution in [1.29, 1.82) is 0 Å². The minimum Gasteiger partial charge on any atom is -0.326 e. The van der Waals surface area contributed by atoms with Gasteiger partial charge in [-0.2, -0.15) is 0 Å².